The number of rotatable bonds is 3. The highest BCUT2D eigenvalue weighted by Gasteiger charge is 2.18. The summed E-state index contributed by atoms with van der Waals surface area (Å²) >= 11 is 0. The molecule has 0 amide bonds. The molecule has 1 heterocycles. The Morgan fingerprint density at radius 2 is 1.73 bits per heavy atom. The van der Waals surface area contributed by atoms with Gasteiger partial charge in [0.15, 0.2) is 0 Å². The van der Waals surface area contributed by atoms with Crippen LogP contribution < -0.4 is 4.74 Å². The largest absolute Gasteiger partial charge is 0.489 e. The minimum absolute atomic E-state index is 0. The molecule has 0 aliphatic rings. The molecule has 0 aliphatic heterocycles. The highest BCUT2D eigenvalue weighted by molar-refractivity contribution is 5.64. The Morgan fingerprint density at radius 3 is 2.27 bits per heavy atom. The number of hydrogen-bond acceptors (Lipinski definition) is 2. The highest BCUT2D eigenvalue weighted by atomic mass is 19.1. The Balaban J connectivity index is 0.00000242. The maximum absolute atomic E-state index is 14.3. The van der Waals surface area contributed by atoms with Crippen molar-refractivity contribution in [3.05, 3.63) is 48.0 Å². The van der Waals surface area contributed by atoms with E-state index in [-0.39, 0.29) is 24.8 Å². The van der Waals surface area contributed by atoms with Crippen LogP contribution in [-0.2, 0) is 5.41 Å². The van der Waals surface area contributed by atoms with Crippen molar-refractivity contribution >= 4 is 0 Å². The molecule has 0 saturated carbocycles. The van der Waals surface area contributed by atoms with E-state index >= 15 is 0 Å². The molecule has 0 radical (unpaired) electrons. The quantitative estimate of drug-likeness (QED) is 0.735. The van der Waals surface area contributed by atoms with Gasteiger partial charge in [-0.3, -0.25) is 4.98 Å². The maximum atomic E-state index is 14.3. The van der Waals surface area contributed by atoms with Crippen LogP contribution in [-0.4, -0.2) is 11.1 Å². The molecule has 0 N–H and O–H groups in total. The molecule has 0 fully saturated rings. The van der Waals surface area contributed by atoms with E-state index in [0.29, 0.717) is 11.3 Å². The molecular weight excluding hydrogens is 277 g/mol. The summed E-state index contributed by atoms with van der Waals surface area (Å²) in [6.07, 6.45) is 3.48. The summed E-state index contributed by atoms with van der Waals surface area (Å²) in [5, 5.41) is 0. The maximum Gasteiger partial charge on any atom is 0.138 e. The van der Waals surface area contributed by atoms with Gasteiger partial charge in [-0.1, -0.05) is 40.3 Å². The van der Waals surface area contributed by atoms with Crippen LogP contribution in [0.5, 0.6) is 5.75 Å². The van der Waals surface area contributed by atoms with E-state index < -0.39 is 0 Å². The van der Waals surface area contributed by atoms with Crippen molar-refractivity contribution in [2.75, 3.05) is 0 Å². The van der Waals surface area contributed by atoms with Crippen molar-refractivity contribution in [1.29, 1.82) is 0 Å². The first-order valence-electron chi connectivity index (χ1n) is 7.19. The molecule has 2 nitrogen and oxygen atoms in total. The second-order valence-corrected chi connectivity index (χ2v) is 6.52. The summed E-state index contributed by atoms with van der Waals surface area (Å²) in [5.41, 5.74) is 2.17. The van der Waals surface area contributed by atoms with Gasteiger partial charge < -0.3 is 4.74 Å². The van der Waals surface area contributed by atoms with Gasteiger partial charge in [-0.05, 0) is 42.5 Å². The van der Waals surface area contributed by atoms with Crippen molar-refractivity contribution in [3.63, 3.8) is 0 Å². The van der Waals surface area contributed by atoms with E-state index in [9.17, 15) is 4.39 Å². The van der Waals surface area contributed by atoms with Gasteiger partial charge in [0, 0.05) is 11.8 Å². The first-order chi connectivity index (χ1) is 9.77. The van der Waals surface area contributed by atoms with E-state index in [2.05, 4.69) is 4.98 Å². The van der Waals surface area contributed by atoms with Crippen molar-refractivity contribution in [2.45, 2.75) is 53.6 Å². The molecule has 0 atom stereocenters. The molecule has 0 spiro atoms. The fourth-order valence-electron chi connectivity index (χ4n) is 2.22. The second-order valence-electron chi connectivity index (χ2n) is 6.52. The third kappa shape index (κ3) is 4.30. The van der Waals surface area contributed by atoms with Gasteiger partial charge in [-0.2, -0.15) is 0 Å². The smallest absolute Gasteiger partial charge is 0.138 e. The van der Waals surface area contributed by atoms with E-state index in [1.54, 1.807) is 18.5 Å². The van der Waals surface area contributed by atoms with Gasteiger partial charge in [0.1, 0.15) is 11.6 Å². The summed E-state index contributed by atoms with van der Waals surface area (Å²) in [6.45, 7) is 9.94. The molecule has 2 aromatic rings. The van der Waals surface area contributed by atoms with Crippen LogP contribution in [0.3, 0.4) is 0 Å². The minimum atomic E-state index is -0.205. The van der Waals surface area contributed by atoms with Crippen LogP contribution in [0.15, 0.2) is 36.7 Å². The third-order valence-electron chi connectivity index (χ3n) is 3.20. The monoisotopic (exact) mass is 303 g/mol. The molecule has 0 aliphatic carbocycles. The van der Waals surface area contributed by atoms with Gasteiger partial charge in [0.2, 0.25) is 0 Å². The molecule has 120 valence electrons. The van der Waals surface area contributed by atoms with E-state index in [1.165, 1.54) is 0 Å². The van der Waals surface area contributed by atoms with Crippen LogP contribution >= 0.6 is 0 Å². The summed E-state index contributed by atoms with van der Waals surface area (Å²) < 4.78 is 19.9. The first kappa shape index (κ1) is 18.1. The second kappa shape index (κ2) is 6.91. The van der Waals surface area contributed by atoms with Gasteiger partial charge >= 0.3 is 0 Å². The van der Waals surface area contributed by atoms with Crippen LogP contribution in [0, 0.1) is 5.82 Å². The fourth-order valence-corrected chi connectivity index (χ4v) is 2.22. The number of hydrogen-bond donors (Lipinski definition) is 0. The normalized spacial score (nSPS) is 11.2. The molecular formula is C19H26FNO. The Kier molecular flexibility index (Phi) is 5.70. The van der Waals surface area contributed by atoms with Gasteiger partial charge in [-0.15, -0.1) is 0 Å². The van der Waals surface area contributed by atoms with Crippen molar-refractivity contribution in [1.82, 2.24) is 4.98 Å². The molecule has 0 bridgehead atoms. The van der Waals surface area contributed by atoms with E-state index in [0.717, 1.165) is 11.1 Å². The van der Waals surface area contributed by atoms with Crippen molar-refractivity contribution in [3.8, 4) is 16.9 Å². The number of pyridine rings is 1. The molecule has 3 heteroatoms. The van der Waals surface area contributed by atoms with Crippen LogP contribution in [0.2, 0.25) is 0 Å². The Labute approximate surface area is 133 Å². The zero-order valence-electron chi connectivity index (χ0n) is 13.3. The number of benzene rings is 1. The lowest BCUT2D eigenvalue weighted by atomic mass is 9.86. The topological polar surface area (TPSA) is 22.1 Å². The van der Waals surface area contributed by atoms with Crippen molar-refractivity contribution in [2.24, 2.45) is 0 Å². The highest BCUT2D eigenvalue weighted by Crippen LogP contribution is 2.30. The van der Waals surface area contributed by atoms with Crippen LogP contribution in [0.25, 0.3) is 11.1 Å². The SMILES string of the molecule is C.CC(C)Oc1cncc(-c2ccc(C(C)(C)C)c(F)c2)c1. The first-order valence-corrected chi connectivity index (χ1v) is 7.19. The predicted molar refractivity (Wildman–Crippen MR) is 90.8 cm³/mol. The molecule has 1 aromatic heterocycles. The van der Waals surface area contributed by atoms with Gasteiger partial charge in [0.05, 0.1) is 12.3 Å². The predicted octanol–water partition coefficient (Wildman–Crippen LogP) is 5.61. The zero-order chi connectivity index (χ0) is 15.6. The molecule has 1 aromatic carbocycles. The van der Waals surface area contributed by atoms with Crippen molar-refractivity contribution < 1.29 is 9.13 Å². The lowest BCUT2D eigenvalue weighted by Crippen LogP contribution is -2.13. The minimum Gasteiger partial charge on any atom is -0.489 e. The standard InChI is InChI=1S/C18H22FNO.CH4/c1-12(2)21-15-8-14(10-20-11-15)13-6-7-16(17(19)9-13)18(3,4)5;/h6-12H,1-5H3;1H4. The number of halogens is 1. The molecule has 0 saturated heterocycles. The average molecular weight is 303 g/mol. The molecule has 0 unspecified atom stereocenters. The summed E-state index contributed by atoms with van der Waals surface area (Å²) in [7, 11) is 0. The summed E-state index contributed by atoms with van der Waals surface area (Å²) in [6, 6.07) is 7.23. The fraction of sp³-hybridized carbons (Fsp3) is 0.421. The average Bonchev–Trinajstić information content (AvgIpc) is 2.36. The summed E-state index contributed by atoms with van der Waals surface area (Å²) in [4.78, 5) is 4.17. The van der Waals surface area contributed by atoms with E-state index in [4.69, 9.17) is 4.74 Å². The lowest BCUT2D eigenvalue weighted by Gasteiger charge is -2.20. The number of aromatic nitrogens is 1. The lowest BCUT2D eigenvalue weighted by molar-refractivity contribution is 0.241. The molecule has 2 rings (SSSR count). The van der Waals surface area contributed by atoms with Gasteiger partial charge in [-0.25, -0.2) is 4.39 Å². The Morgan fingerprint density at radius 1 is 1.05 bits per heavy atom. The van der Waals surface area contributed by atoms with Gasteiger partial charge in [0.25, 0.3) is 0 Å². The Bertz CT molecular complexity index is 630. The number of nitrogens with zero attached hydrogens (tertiary/aromatic N) is 1. The molecule has 22 heavy (non-hydrogen) atoms. The zero-order valence-corrected chi connectivity index (χ0v) is 13.3. The Hall–Kier alpha value is -1.90. The third-order valence-corrected chi connectivity index (χ3v) is 3.20. The van der Waals surface area contributed by atoms with Crippen LogP contribution in [0.4, 0.5) is 4.39 Å². The summed E-state index contributed by atoms with van der Waals surface area (Å²) in [5.74, 6) is 0.512. The number of ether oxygens (including phenoxy) is 1. The van der Waals surface area contributed by atoms with Crippen LogP contribution in [0.1, 0.15) is 47.6 Å². The van der Waals surface area contributed by atoms with E-state index in [1.807, 2.05) is 52.8 Å².